The molecule has 1 saturated heterocycles. The van der Waals surface area contributed by atoms with Gasteiger partial charge in [0, 0.05) is 62.1 Å². The molecule has 1 N–H and O–H groups in total. The van der Waals surface area contributed by atoms with Gasteiger partial charge in [0.1, 0.15) is 24.0 Å². The third-order valence-corrected chi connectivity index (χ3v) is 12.7. The van der Waals surface area contributed by atoms with E-state index in [4.69, 9.17) is 14.4 Å². The van der Waals surface area contributed by atoms with Crippen molar-refractivity contribution >= 4 is 39.2 Å². The van der Waals surface area contributed by atoms with Gasteiger partial charge in [0.25, 0.3) is 5.91 Å². The fourth-order valence-electron chi connectivity index (χ4n) is 9.48. The number of carbonyl (C=O) groups is 1. The normalized spacial score (nSPS) is 15.7. The highest BCUT2D eigenvalue weighted by Gasteiger charge is 2.34. The molecule has 0 aliphatic carbocycles. The average molecular weight is 849 g/mol. The molecule has 4 aromatic heterocycles. The van der Waals surface area contributed by atoms with Crippen LogP contribution in [0.2, 0.25) is 0 Å². The minimum absolute atomic E-state index is 0.203. The third-order valence-electron chi connectivity index (χ3n) is 12.7. The van der Waals surface area contributed by atoms with Crippen molar-refractivity contribution in [3.63, 3.8) is 0 Å². The lowest BCUT2D eigenvalue weighted by molar-refractivity contribution is 0.0727. The summed E-state index contributed by atoms with van der Waals surface area (Å²) in [5, 5.41) is 14.7. The molecule has 1 fully saturated rings. The quantitative estimate of drug-likeness (QED) is 0.171. The fraction of sp³-hybridized carbons (Fsp3) is 0.255. The maximum absolute atomic E-state index is 16.0. The van der Waals surface area contributed by atoms with E-state index in [0.717, 1.165) is 35.0 Å². The van der Waals surface area contributed by atoms with Crippen molar-refractivity contribution in [1.82, 2.24) is 39.2 Å². The number of nitrogens with one attached hydrogen (secondary N) is 1. The van der Waals surface area contributed by atoms with Crippen LogP contribution in [-0.2, 0) is 24.8 Å². The lowest BCUT2D eigenvalue weighted by Gasteiger charge is -2.29. The maximum Gasteiger partial charge on any atom is 0.439 e. The Balaban J connectivity index is 1.01. The number of halogens is 2. The number of benzene rings is 4. The van der Waals surface area contributed by atoms with Crippen LogP contribution >= 0.6 is 0 Å². The summed E-state index contributed by atoms with van der Waals surface area (Å²) in [7, 11) is 1.78. The van der Waals surface area contributed by atoms with Crippen molar-refractivity contribution in [3.8, 4) is 22.8 Å². The molecule has 3 aliphatic rings. The van der Waals surface area contributed by atoms with E-state index in [0.29, 0.717) is 88.3 Å². The van der Waals surface area contributed by atoms with E-state index in [9.17, 15) is 4.79 Å². The Bertz CT molecular complexity index is 3200. The van der Waals surface area contributed by atoms with Gasteiger partial charge in [-0.1, -0.05) is 23.4 Å². The highest BCUT2D eigenvalue weighted by Crippen LogP contribution is 2.39. The van der Waals surface area contributed by atoms with E-state index in [1.807, 2.05) is 72.7 Å². The number of aromatic amines is 1. The first kappa shape index (κ1) is 38.6. The van der Waals surface area contributed by atoms with Crippen LogP contribution < -0.4 is 15.6 Å². The summed E-state index contributed by atoms with van der Waals surface area (Å²) in [5.74, 6) is -0.273. The molecule has 7 heterocycles. The van der Waals surface area contributed by atoms with Crippen LogP contribution in [0.4, 0.5) is 20.3 Å². The van der Waals surface area contributed by atoms with Gasteiger partial charge in [0.05, 0.1) is 51.9 Å². The SMILES string of the molecule is Cc1cc(-n2nc3c(c2N2C=CN(c4ccc5c(cnn5C)c4F)C2)CN(C(=O)c2cc4cc(C5CCOCC5)ccc4n2-c2ccccc2-c2noc(=O)[nH]2)CC3)cc(C)c1F. The van der Waals surface area contributed by atoms with Crippen LogP contribution in [0.5, 0.6) is 0 Å². The Labute approximate surface area is 359 Å². The van der Waals surface area contributed by atoms with Crippen LogP contribution in [0.15, 0.2) is 101 Å². The van der Waals surface area contributed by atoms with E-state index < -0.39 is 5.76 Å². The van der Waals surface area contributed by atoms with Gasteiger partial charge in [0.2, 0.25) is 0 Å². The van der Waals surface area contributed by atoms with Gasteiger partial charge in [0.15, 0.2) is 11.6 Å². The van der Waals surface area contributed by atoms with Crippen LogP contribution in [0.3, 0.4) is 0 Å². The number of para-hydroxylation sites is 1. The summed E-state index contributed by atoms with van der Waals surface area (Å²) in [6, 6.07) is 22.9. The lowest BCUT2D eigenvalue weighted by Crippen LogP contribution is -2.37. The molecular weight excluding hydrogens is 807 g/mol. The average Bonchev–Trinajstić information content (AvgIpc) is 4.15. The van der Waals surface area contributed by atoms with E-state index in [-0.39, 0.29) is 36.6 Å². The van der Waals surface area contributed by atoms with Crippen LogP contribution in [0.25, 0.3) is 44.6 Å². The van der Waals surface area contributed by atoms with Gasteiger partial charge in [-0.05, 0) is 104 Å². The molecule has 1 amide bonds. The van der Waals surface area contributed by atoms with Gasteiger partial charge in [-0.2, -0.15) is 10.2 Å². The van der Waals surface area contributed by atoms with Crippen molar-refractivity contribution in [2.24, 2.45) is 7.05 Å². The number of amides is 1. The van der Waals surface area contributed by atoms with Crippen molar-refractivity contribution in [2.75, 3.05) is 36.2 Å². The van der Waals surface area contributed by atoms with Crippen LogP contribution in [0.1, 0.15) is 57.2 Å². The third kappa shape index (κ3) is 6.42. The molecule has 8 aromatic rings. The molecule has 0 bridgehead atoms. The fourth-order valence-corrected chi connectivity index (χ4v) is 9.48. The standard InChI is InChI=1S/C47H42F2N10O4/c1-27-20-32(21-28(2)42(27)48)59-45(57-17-16-56(26-57)40-11-10-38-34(43(40)49)24-50-54(38)3)35-25-55(15-12-36(35)52-59)46(60)41-23-31-22-30(29-13-18-62-19-14-29)8-9-37(31)58(41)39-7-5-4-6-33(39)44-51-47(61)63-53-44/h4-11,16-17,20-24,29H,12-15,18-19,25-26H2,1-3H3,(H,51,53,61). The van der Waals surface area contributed by atoms with Gasteiger partial charge >= 0.3 is 5.76 Å². The number of aryl methyl sites for hydroxylation is 3. The van der Waals surface area contributed by atoms with Crippen molar-refractivity contribution in [2.45, 2.75) is 45.6 Å². The molecule has 0 saturated carbocycles. The zero-order valence-electron chi connectivity index (χ0n) is 34.8. The van der Waals surface area contributed by atoms with Crippen LogP contribution in [0, 0.1) is 25.5 Å². The number of hydrogen-bond donors (Lipinski definition) is 1. The molecule has 318 valence electrons. The second-order valence-electron chi connectivity index (χ2n) is 16.5. The van der Waals surface area contributed by atoms with Gasteiger partial charge in [-0.15, -0.1) is 0 Å². The number of aromatic nitrogens is 7. The Kier molecular flexibility index (Phi) is 9.15. The van der Waals surface area contributed by atoms with E-state index in [1.54, 1.807) is 43.8 Å². The van der Waals surface area contributed by atoms with Crippen molar-refractivity contribution in [1.29, 1.82) is 0 Å². The number of ether oxygens (including phenoxy) is 1. The number of hydrogen-bond acceptors (Lipinski definition) is 9. The molecule has 0 spiro atoms. The first-order valence-electron chi connectivity index (χ1n) is 21.0. The molecule has 14 nitrogen and oxygen atoms in total. The summed E-state index contributed by atoms with van der Waals surface area (Å²) >= 11 is 0. The first-order valence-corrected chi connectivity index (χ1v) is 21.0. The van der Waals surface area contributed by atoms with Gasteiger partial charge in [-0.3, -0.25) is 19.0 Å². The molecule has 0 atom stereocenters. The second kappa shape index (κ2) is 14.9. The zero-order valence-corrected chi connectivity index (χ0v) is 34.8. The monoisotopic (exact) mass is 848 g/mol. The molecule has 16 heteroatoms. The first-order chi connectivity index (χ1) is 30.6. The van der Waals surface area contributed by atoms with E-state index >= 15 is 13.6 Å². The predicted octanol–water partition coefficient (Wildman–Crippen LogP) is 7.79. The molecule has 0 unspecified atom stereocenters. The summed E-state index contributed by atoms with van der Waals surface area (Å²) in [5.41, 5.74) is 8.02. The minimum Gasteiger partial charge on any atom is -0.381 e. The highest BCUT2D eigenvalue weighted by atomic mass is 19.1. The number of H-pyrrole nitrogens is 1. The minimum atomic E-state index is -0.684. The largest absolute Gasteiger partial charge is 0.439 e. The predicted molar refractivity (Wildman–Crippen MR) is 233 cm³/mol. The molecule has 63 heavy (non-hydrogen) atoms. The summed E-state index contributed by atoms with van der Waals surface area (Å²) in [6.07, 6.45) is 7.52. The summed E-state index contributed by atoms with van der Waals surface area (Å²) < 4.78 is 47.1. The van der Waals surface area contributed by atoms with E-state index in [2.05, 4.69) is 33.4 Å². The Morgan fingerprint density at radius 2 is 1.67 bits per heavy atom. The molecule has 11 rings (SSSR count). The van der Waals surface area contributed by atoms with Gasteiger partial charge < -0.3 is 24.0 Å². The summed E-state index contributed by atoms with van der Waals surface area (Å²) in [4.78, 5) is 35.7. The molecular formula is C47H42F2N10O4. The lowest BCUT2D eigenvalue weighted by atomic mass is 9.91. The second-order valence-corrected chi connectivity index (χ2v) is 16.5. The smallest absolute Gasteiger partial charge is 0.381 e. The highest BCUT2D eigenvalue weighted by molar-refractivity contribution is 6.01. The molecule has 4 aromatic carbocycles. The van der Waals surface area contributed by atoms with Crippen molar-refractivity contribution < 1.29 is 22.8 Å². The molecule has 0 radical (unpaired) electrons. The zero-order chi connectivity index (χ0) is 43.1. The number of carbonyl (C=O) groups excluding carboxylic acids is 1. The topological polar surface area (TPSA) is 135 Å². The number of fused-ring (bicyclic) bond motifs is 3. The maximum atomic E-state index is 16.0. The van der Waals surface area contributed by atoms with Crippen LogP contribution in [-0.4, -0.2) is 71.5 Å². The number of anilines is 2. The number of nitrogens with zero attached hydrogens (tertiary/aromatic N) is 9. The Morgan fingerprint density at radius 1 is 0.889 bits per heavy atom. The van der Waals surface area contributed by atoms with Gasteiger partial charge in [-0.25, -0.2) is 18.3 Å². The number of rotatable bonds is 7. The summed E-state index contributed by atoms with van der Waals surface area (Å²) in [6.45, 7) is 5.72. The van der Waals surface area contributed by atoms with E-state index in [1.165, 1.54) is 11.8 Å². The Morgan fingerprint density at radius 3 is 2.46 bits per heavy atom. The Hall–Kier alpha value is -7.33. The van der Waals surface area contributed by atoms with Crippen molar-refractivity contribution in [3.05, 3.63) is 147 Å². The molecule has 3 aliphatic heterocycles.